The standard InChI is InChI=1S/C17H14O3S/c1-11-2-7-15-12(9-17(19)20-16(15)8-11)10-21-14-5-3-13(18)4-6-14/h2-9,18H,10H2,1H3. The minimum absolute atomic E-state index is 0.251. The van der Waals surface area contributed by atoms with E-state index < -0.39 is 0 Å². The number of rotatable bonds is 3. The fourth-order valence-electron chi connectivity index (χ4n) is 2.16. The average Bonchev–Trinajstić information content (AvgIpc) is 2.45. The van der Waals surface area contributed by atoms with Crippen LogP contribution in [0.15, 0.2) is 62.6 Å². The lowest BCUT2D eigenvalue weighted by atomic mass is 10.1. The minimum Gasteiger partial charge on any atom is -0.508 e. The van der Waals surface area contributed by atoms with Gasteiger partial charge in [0.15, 0.2) is 0 Å². The van der Waals surface area contributed by atoms with Crippen LogP contribution in [0.2, 0.25) is 0 Å². The smallest absolute Gasteiger partial charge is 0.336 e. The van der Waals surface area contributed by atoms with Crippen LogP contribution in [-0.4, -0.2) is 5.11 Å². The summed E-state index contributed by atoms with van der Waals surface area (Å²) in [4.78, 5) is 12.7. The molecule has 0 fully saturated rings. The van der Waals surface area contributed by atoms with Crippen LogP contribution in [0.3, 0.4) is 0 Å². The van der Waals surface area contributed by atoms with Crippen molar-refractivity contribution in [1.29, 1.82) is 0 Å². The first kappa shape index (κ1) is 13.8. The van der Waals surface area contributed by atoms with E-state index in [4.69, 9.17) is 4.42 Å². The third-order valence-electron chi connectivity index (χ3n) is 3.22. The number of aryl methyl sites for hydroxylation is 1. The molecular weight excluding hydrogens is 284 g/mol. The van der Waals surface area contributed by atoms with E-state index in [-0.39, 0.29) is 11.4 Å². The van der Waals surface area contributed by atoms with Crippen molar-refractivity contribution in [3.63, 3.8) is 0 Å². The van der Waals surface area contributed by atoms with Crippen molar-refractivity contribution >= 4 is 22.7 Å². The number of benzene rings is 2. The Labute approximate surface area is 126 Å². The van der Waals surface area contributed by atoms with Crippen molar-refractivity contribution in [2.75, 3.05) is 0 Å². The van der Waals surface area contributed by atoms with Gasteiger partial charge in [0.25, 0.3) is 0 Å². The van der Waals surface area contributed by atoms with Gasteiger partial charge < -0.3 is 9.52 Å². The number of thioether (sulfide) groups is 1. The zero-order valence-electron chi connectivity index (χ0n) is 11.5. The molecule has 3 rings (SSSR count). The topological polar surface area (TPSA) is 50.4 Å². The van der Waals surface area contributed by atoms with Gasteiger partial charge in [0.1, 0.15) is 11.3 Å². The molecule has 21 heavy (non-hydrogen) atoms. The van der Waals surface area contributed by atoms with Gasteiger partial charge in [0.2, 0.25) is 0 Å². The maximum Gasteiger partial charge on any atom is 0.336 e. The summed E-state index contributed by atoms with van der Waals surface area (Å²) in [5, 5.41) is 10.2. The molecule has 0 amide bonds. The van der Waals surface area contributed by atoms with Gasteiger partial charge in [-0.25, -0.2) is 4.79 Å². The van der Waals surface area contributed by atoms with Crippen LogP contribution in [0.5, 0.6) is 5.75 Å². The molecule has 0 aliphatic heterocycles. The van der Waals surface area contributed by atoms with Crippen LogP contribution in [0.4, 0.5) is 0 Å². The first-order valence-corrected chi connectivity index (χ1v) is 7.55. The molecule has 1 heterocycles. The van der Waals surface area contributed by atoms with E-state index in [1.807, 2.05) is 37.3 Å². The summed E-state index contributed by atoms with van der Waals surface area (Å²) < 4.78 is 5.25. The molecule has 0 atom stereocenters. The van der Waals surface area contributed by atoms with Crippen molar-refractivity contribution < 1.29 is 9.52 Å². The highest BCUT2D eigenvalue weighted by Gasteiger charge is 2.06. The number of aromatic hydroxyl groups is 1. The van der Waals surface area contributed by atoms with E-state index in [9.17, 15) is 9.90 Å². The third-order valence-corrected chi connectivity index (χ3v) is 4.28. The second-order valence-electron chi connectivity index (χ2n) is 4.87. The van der Waals surface area contributed by atoms with Gasteiger partial charge in [-0.3, -0.25) is 0 Å². The van der Waals surface area contributed by atoms with Crippen molar-refractivity contribution in [1.82, 2.24) is 0 Å². The molecule has 2 aromatic carbocycles. The predicted molar refractivity (Wildman–Crippen MR) is 84.9 cm³/mol. The highest BCUT2D eigenvalue weighted by atomic mass is 32.2. The largest absolute Gasteiger partial charge is 0.508 e. The zero-order valence-corrected chi connectivity index (χ0v) is 12.3. The summed E-state index contributed by atoms with van der Waals surface area (Å²) >= 11 is 1.62. The van der Waals surface area contributed by atoms with Crippen molar-refractivity contribution in [3.8, 4) is 5.75 Å². The Kier molecular flexibility index (Phi) is 3.71. The molecule has 0 aliphatic rings. The minimum atomic E-state index is -0.325. The van der Waals surface area contributed by atoms with Crippen LogP contribution in [0, 0.1) is 6.92 Å². The van der Waals surface area contributed by atoms with Crippen molar-refractivity contribution in [2.45, 2.75) is 17.6 Å². The fraction of sp³-hybridized carbons (Fsp3) is 0.118. The van der Waals surface area contributed by atoms with Crippen molar-refractivity contribution in [3.05, 3.63) is 70.1 Å². The van der Waals surface area contributed by atoms with Crippen LogP contribution >= 0.6 is 11.8 Å². The SMILES string of the molecule is Cc1ccc2c(CSc3ccc(O)cc3)cc(=O)oc2c1. The predicted octanol–water partition coefficient (Wildman–Crippen LogP) is 4.10. The molecule has 0 bridgehead atoms. The second kappa shape index (κ2) is 5.66. The molecule has 3 aromatic rings. The maximum atomic E-state index is 11.7. The summed E-state index contributed by atoms with van der Waals surface area (Å²) in [6, 6.07) is 14.5. The Morgan fingerprint density at radius 2 is 1.86 bits per heavy atom. The van der Waals surface area contributed by atoms with Gasteiger partial charge >= 0.3 is 5.63 Å². The van der Waals surface area contributed by atoms with Crippen molar-refractivity contribution in [2.24, 2.45) is 0 Å². The number of hydrogen-bond donors (Lipinski definition) is 1. The van der Waals surface area contributed by atoms with Gasteiger partial charge in [0, 0.05) is 22.1 Å². The van der Waals surface area contributed by atoms with Gasteiger partial charge in [0.05, 0.1) is 0 Å². The third kappa shape index (κ3) is 3.11. The summed E-state index contributed by atoms with van der Waals surface area (Å²) in [5.74, 6) is 0.927. The Balaban J connectivity index is 1.93. The summed E-state index contributed by atoms with van der Waals surface area (Å²) in [7, 11) is 0. The highest BCUT2D eigenvalue weighted by Crippen LogP contribution is 2.27. The van der Waals surface area contributed by atoms with E-state index in [1.54, 1.807) is 30.0 Å². The van der Waals surface area contributed by atoms with E-state index in [0.29, 0.717) is 11.3 Å². The van der Waals surface area contributed by atoms with Gasteiger partial charge in [-0.15, -0.1) is 11.8 Å². The monoisotopic (exact) mass is 298 g/mol. The van der Waals surface area contributed by atoms with Crippen LogP contribution in [0.25, 0.3) is 11.0 Å². The fourth-order valence-corrected chi connectivity index (χ4v) is 3.05. The van der Waals surface area contributed by atoms with E-state index in [2.05, 4.69) is 0 Å². The molecule has 0 aliphatic carbocycles. The Bertz CT molecular complexity index is 835. The van der Waals surface area contributed by atoms with E-state index in [1.165, 1.54) is 0 Å². The lowest BCUT2D eigenvalue weighted by molar-refractivity contribution is 0.475. The van der Waals surface area contributed by atoms with E-state index in [0.717, 1.165) is 21.4 Å². The molecule has 0 saturated carbocycles. The molecule has 0 unspecified atom stereocenters. The lowest BCUT2D eigenvalue weighted by Crippen LogP contribution is -2.00. The molecule has 1 aromatic heterocycles. The van der Waals surface area contributed by atoms with Crippen LogP contribution in [-0.2, 0) is 5.75 Å². The molecular formula is C17H14O3S. The van der Waals surface area contributed by atoms with E-state index >= 15 is 0 Å². The Morgan fingerprint density at radius 1 is 1.10 bits per heavy atom. The molecule has 1 N–H and O–H groups in total. The summed E-state index contributed by atoms with van der Waals surface area (Å²) in [6.45, 7) is 1.97. The Hall–Kier alpha value is -2.20. The molecule has 0 radical (unpaired) electrons. The van der Waals surface area contributed by atoms with Crippen LogP contribution in [0.1, 0.15) is 11.1 Å². The maximum absolute atomic E-state index is 11.7. The molecule has 0 saturated heterocycles. The number of hydrogen-bond acceptors (Lipinski definition) is 4. The van der Waals surface area contributed by atoms with Gasteiger partial charge in [-0.2, -0.15) is 0 Å². The molecule has 106 valence electrons. The van der Waals surface area contributed by atoms with Crippen LogP contribution < -0.4 is 5.63 Å². The lowest BCUT2D eigenvalue weighted by Gasteiger charge is -2.06. The number of fused-ring (bicyclic) bond motifs is 1. The zero-order chi connectivity index (χ0) is 14.8. The van der Waals surface area contributed by atoms with Gasteiger partial charge in [-0.1, -0.05) is 12.1 Å². The molecule has 0 spiro atoms. The summed E-state index contributed by atoms with van der Waals surface area (Å²) in [6.07, 6.45) is 0. The Morgan fingerprint density at radius 3 is 2.62 bits per heavy atom. The first-order chi connectivity index (χ1) is 10.1. The normalized spacial score (nSPS) is 10.9. The van der Waals surface area contributed by atoms with Gasteiger partial charge in [-0.05, 0) is 48.4 Å². The second-order valence-corrected chi connectivity index (χ2v) is 5.92. The average molecular weight is 298 g/mol. The first-order valence-electron chi connectivity index (χ1n) is 6.57. The number of phenolic OH excluding ortho intramolecular Hbond substituents is 1. The number of phenols is 1. The molecule has 4 heteroatoms. The quantitative estimate of drug-likeness (QED) is 0.584. The summed E-state index contributed by atoms with van der Waals surface area (Å²) in [5.41, 5.74) is 2.33. The highest BCUT2D eigenvalue weighted by molar-refractivity contribution is 7.98. The molecule has 3 nitrogen and oxygen atoms in total.